The van der Waals surface area contributed by atoms with Crippen LogP contribution >= 0.6 is 11.3 Å². The highest BCUT2D eigenvalue weighted by Gasteiger charge is 2.35. The van der Waals surface area contributed by atoms with Gasteiger partial charge >= 0.3 is 0 Å². The van der Waals surface area contributed by atoms with E-state index in [9.17, 15) is 0 Å². The summed E-state index contributed by atoms with van der Waals surface area (Å²) in [5.41, 5.74) is 1.66. The maximum atomic E-state index is 5.02. The first-order valence-electron chi connectivity index (χ1n) is 8.17. The van der Waals surface area contributed by atoms with E-state index in [1.807, 2.05) is 11.3 Å². The Hall–Kier alpha value is -0.610. The van der Waals surface area contributed by atoms with Crippen molar-refractivity contribution in [3.05, 3.63) is 10.6 Å². The summed E-state index contributed by atoms with van der Waals surface area (Å²) in [7, 11) is 2.07. The lowest BCUT2D eigenvalue weighted by Gasteiger charge is -2.34. The summed E-state index contributed by atoms with van der Waals surface area (Å²) in [5.74, 6) is 0.657. The number of aromatic nitrogens is 1. The van der Waals surface area contributed by atoms with Crippen molar-refractivity contribution in [1.29, 1.82) is 0 Å². The van der Waals surface area contributed by atoms with Gasteiger partial charge in [0.1, 0.15) is 0 Å². The summed E-state index contributed by atoms with van der Waals surface area (Å²) in [6, 6.07) is 0.962. The SMILES string of the molecule is CNC1CC(C)(C)Cc2nc(N(CC(C)C)C(C)C)sc21. The minimum atomic E-state index is 0.340. The van der Waals surface area contributed by atoms with Gasteiger partial charge in [-0.2, -0.15) is 0 Å². The molecule has 4 heteroatoms. The van der Waals surface area contributed by atoms with Crippen molar-refractivity contribution in [2.45, 2.75) is 66.5 Å². The van der Waals surface area contributed by atoms with E-state index < -0.39 is 0 Å². The molecular formula is C17H31N3S. The molecule has 0 aliphatic heterocycles. The molecule has 0 aromatic carbocycles. The predicted octanol–water partition coefficient (Wildman–Crippen LogP) is 4.25. The summed E-state index contributed by atoms with van der Waals surface area (Å²) in [6.07, 6.45) is 2.30. The Morgan fingerprint density at radius 2 is 2.00 bits per heavy atom. The first-order valence-corrected chi connectivity index (χ1v) is 8.98. The molecule has 1 aliphatic carbocycles. The molecule has 1 unspecified atom stereocenters. The zero-order valence-electron chi connectivity index (χ0n) is 14.7. The molecule has 1 N–H and O–H groups in total. The number of hydrogen-bond acceptors (Lipinski definition) is 4. The molecule has 0 saturated heterocycles. The van der Waals surface area contributed by atoms with Crippen LogP contribution in [0.3, 0.4) is 0 Å². The van der Waals surface area contributed by atoms with Crippen molar-refractivity contribution in [3.8, 4) is 0 Å². The van der Waals surface area contributed by atoms with Crippen LogP contribution in [0.2, 0.25) is 0 Å². The average molecular weight is 310 g/mol. The van der Waals surface area contributed by atoms with Crippen molar-refractivity contribution < 1.29 is 0 Å². The van der Waals surface area contributed by atoms with Gasteiger partial charge in [-0.1, -0.05) is 39.0 Å². The van der Waals surface area contributed by atoms with Gasteiger partial charge in [0.05, 0.1) is 5.69 Å². The number of hydrogen-bond donors (Lipinski definition) is 1. The fourth-order valence-electron chi connectivity index (χ4n) is 3.18. The van der Waals surface area contributed by atoms with Gasteiger partial charge in [-0.05, 0) is 45.1 Å². The lowest BCUT2D eigenvalue weighted by molar-refractivity contribution is 0.265. The van der Waals surface area contributed by atoms with E-state index in [1.54, 1.807) is 0 Å². The number of fused-ring (bicyclic) bond motifs is 1. The maximum absolute atomic E-state index is 5.02. The minimum Gasteiger partial charge on any atom is -0.345 e. The number of thiazole rings is 1. The van der Waals surface area contributed by atoms with Crippen LogP contribution in [-0.2, 0) is 6.42 Å². The van der Waals surface area contributed by atoms with E-state index in [-0.39, 0.29) is 0 Å². The van der Waals surface area contributed by atoms with Gasteiger partial charge in [0, 0.05) is 23.5 Å². The number of nitrogens with zero attached hydrogens (tertiary/aromatic N) is 2. The van der Waals surface area contributed by atoms with Crippen LogP contribution in [0.15, 0.2) is 0 Å². The van der Waals surface area contributed by atoms with Crippen LogP contribution in [0.1, 0.15) is 64.6 Å². The van der Waals surface area contributed by atoms with Crippen LogP contribution in [0.5, 0.6) is 0 Å². The van der Waals surface area contributed by atoms with E-state index in [4.69, 9.17) is 4.98 Å². The van der Waals surface area contributed by atoms with Crippen molar-refractivity contribution >= 4 is 16.5 Å². The summed E-state index contributed by atoms with van der Waals surface area (Å²) in [5, 5.41) is 4.70. The average Bonchev–Trinajstić information content (AvgIpc) is 2.76. The van der Waals surface area contributed by atoms with Gasteiger partial charge in [0.2, 0.25) is 0 Å². The van der Waals surface area contributed by atoms with Gasteiger partial charge < -0.3 is 10.2 Å². The molecular weight excluding hydrogens is 278 g/mol. The second kappa shape index (κ2) is 6.25. The molecule has 3 nitrogen and oxygen atoms in total. The normalized spacial score (nSPS) is 20.9. The van der Waals surface area contributed by atoms with E-state index in [0.717, 1.165) is 13.0 Å². The summed E-state index contributed by atoms with van der Waals surface area (Å²) in [6.45, 7) is 14.9. The predicted molar refractivity (Wildman–Crippen MR) is 93.3 cm³/mol. The van der Waals surface area contributed by atoms with Crippen LogP contribution in [0, 0.1) is 11.3 Å². The molecule has 0 amide bonds. The Morgan fingerprint density at radius 1 is 1.33 bits per heavy atom. The lowest BCUT2D eigenvalue weighted by Crippen LogP contribution is -2.34. The zero-order valence-corrected chi connectivity index (χ0v) is 15.5. The van der Waals surface area contributed by atoms with Crippen molar-refractivity contribution in [2.75, 3.05) is 18.5 Å². The first-order chi connectivity index (χ1) is 9.73. The second-order valence-electron chi connectivity index (χ2n) is 7.83. The molecule has 0 bridgehead atoms. The molecule has 21 heavy (non-hydrogen) atoms. The highest BCUT2D eigenvalue weighted by molar-refractivity contribution is 7.15. The second-order valence-corrected chi connectivity index (χ2v) is 8.84. The summed E-state index contributed by atoms with van der Waals surface area (Å²) < 4.78 is 0. The van der Waals surface area contributed by atoms with E-state index in [1.165, 1.54) is 22.1 Å². The molecule has 1 aliphatic rings. The van der Waals surface area contributed by atoms with Crippen LogP contribution in [-0.4, -0.2) is 24.6 Å². The summed E-state index contributed by atoms with van der Waals surface area (Å²) >= 11 is 1.90. The maximum Gasteiger partial charge on any atom is 0.186 e. The van der Waals surface area contributed by atoms with E-state index in [0.29, 0.717) is 23.4 Å². The van der Waals surface area contributed by atoms with Crippen LogP contribution in [0.25, 0.3) is 0 Å². The Kier molecular flexibility index (Phi) is 4.99. The Bertz CT molecular complexity index is 476. The van der Waals surface area contributed by atoms with Crippen molar-refractivity contribution in [2.24, 2.45) is 11.3 Å². The Labute approximate surface area is 134 Å². The van der Waals surface area contributed by atoms with Gasteiger partial charge in [-0.25, -0.2) is 4.98 Å². The topological polar surface area (TPSA) is 28.2 Å². The number of anilines is 1. The van der Waals surface area contributed by atoms with Crippen molar-refractivity contribution in [3.63, 3.8) is 0 Å². The lowest BCUT2D eigenvalue weighted by atomic mass is 9.76. The molecule has 0 fully saturated rings. The smallest absolute Gasteiger partial charge is 0.186 e. The molecule has 1 heterocycles. The molecule has 0 saturated carbocycles. The molecule has 2 rings (SSSR count). The first kappa shape index (κ1) is 16.8. The minimum absolute atomic E-state index is 0.340. The van der Waals surface area contributed by atoms with Gasteiger partial charge in [0.15, 0.2) is 5.13 Å². The number of nitrogens with one attached hydrogen (secondary N) is 1. The highest BCUT2D eigenvalue weighted by atomic mass is 32.1. The summed E-state index contributed by atoms with van der Waals surface area (Å²) in [4.78, 5) is 8.95. The molecule has 1 aromatic heterocycles. The van der Waals surface area contributed by atoms with E-state index >= 15 is 0 Å². The fraction of sp³-hybridized carbons (Fsp3) is 0.824. The monoisotopic (exact) mass is 309 g/mol. The third kappa shape index (κ3) is 3.78. The van der Waals surface area contributed by atoms with Gasteiger partial charge in [-0.15, -0.1) is 0 Å². The zero-order chi connectivity index (χ0) is 15.8. The fourth-order valence-corrected chi connectivity index (χ4v) is 4.51. The Morgan fingerprint density at radius 3 is 2.52 bits per heavy atom. The molecule has 0 radical (unpaired) electrons. The molecule has 120 valence electrons. The van der Waals surface area contributed by atoms with Crippen molar-refractivity contribution in [1.82, 2.24) is 10.3 Å². The largest absolute Gasteiger partial charge is 0.345 e. The molecule has 1 aromatic rings. The Balaban J connectivity index is 2.34. The quantitative estimate of drug-likeness (QED) is 0.881. The standard InChI is InChI=1S/C17H31N3S/c1-11(2)10-20(12(3)4)16-19-14-9-17(5,6)8-13(18-7)15(14)21-16/h11-13,18H,8-10H2,1-7H3. The third-order valence-electron chi connectivity index (χ3n) is 4.21. The van der Waals surface area contributed by atoms with Gasteiger partial charge in [-0.3, -0.25) is 0 Å². The molecule has 0 spiro atoms. The number of rotatable bonds is 5. The molecule has 1 atom stereocenters. The highest BCUT2D eigenvalue weighted by Crippen LogP contribution is 2.44. The van der Waals surface area contributed by atoms with E-state index in [2.05, 4.69) is 58.8 Å². The third-order valence-corrected chi connectivity index (χ3v) is 5.46. The van der Waals surface area contributed by atoms with Crippen LogP contribution < -0.4 is 10.2 Å². The van der Waals surface area contributed by atoms with Gasteiger partial charge in [0.25, 0.3) is 0 Å². The van der Waals surface area contributed by atoms with Crippen LogP contribution in [0.4, 0.5) is 5.13 Å².